The van der Waals surface area contributed by atoms with Crippen molar-refractivity contribution in [3.63, 3.8) is 0 Å². The second kappa shape index (κ2) is 9.85. The van der Waals surface area contributed by atoms with E-state index < -0.39 is 11.6 Å². The molecule has 1 aromatic carbocycles. The van der Waals surface area contributed by atoms with Gasteiger partial charge in [0.15, 0.2) is 5.76 Å². The number of methoxy groups -OCH3 is 1. The SMILES string of the molecule is CCC(C(=O)NC(C)(C)C)N(C(=O)Cn1nnc(-c2ccc(C)o2)n1)c1ccc(OC)cc1. The molecule has 1 unspecified atom stereocenters. The fourth-order valence-electron chi connectivity index (χ4n) is 3.34. The molecular formula is C23H30N6O4. The van der Waals surface area contributed by atoms with Crippen LogP contribution in [0, 0.1) is 6.92 Å². The molecule has 1 N–H and O–H groups in total. The molecule has 10 heteroatoms. The summed E-state index contributed by atoms with van der Waals surface area (Å²) in [6.45, 7) is 9.18. The predicted octanol–water partition coefficient (Wildman–Crippen LogP) is 2.98. The molecule has 3 rings (SSSR count). The van der Waals surface area contributed by atoms with Gasteiger partial charge in [0.25, 0.3) is 5.91 Å². The van der Waals surface area contributed by atoms with E-state index in [4.69, 9.17) is 9.15 Å². The van der Waals surface area contributed by atoms with E-state index in [0.717, 1.165) is 5.76 Å². The largest absolute Gasteiger partial charge is 0.497 e. The number of hydrogen-bond donors (Lipinski definition) is 1. The molecule has 2 heterocycles. The quantitative estimate of drug-likeness (QED) is 0.556. The van der Waals surface area contributed by atoms with Crippen molar-refractivity contribution < 1.29 is 18.7 Å². The van der Waals surface area contributed by atoms with Crippen LogP contribution in [0.3, 0.4) is 0 Å². The minimum Gasteiger partial charge on any atom is -0.497 e. The first-order valence-electron chi connectivity index (χ1n) is 10.7. The van der Waals surface area contributed by atoms with Crippen LogP contribution in [0.4, 0.5) is 5.69 Å². The maximum absolute atomic E-state index is 13.5. The monoisotopic (exact) mass is 454 g/mol. The van der Waals surface area contributed by atoms with Crippen molar-refractivity contribution in [2.75, 3.05) is 12.0 Å². The van der Waals surface area contributed by atoms with Crippen molar-refractivity contribution in [1.29, 1.82) is 0 Å². The number of hydrogen-bond acceptors (Lipinski definition) is 7. The number of nitrogens with zero attached hydrogens (tertiary/aromatic N) is 5. The molecule has 10 nitrogen and oxygen atoms in total. The Bertz CT molecular complexity index is 1100. The zero-order valence-corrected chi connectivity index (χ0v) is 19.8. The molecule has 0 fully saturated rings. The van der Waals surface area contributed by atoms with E-state index in [1.807, 2.05) is 34.6 Å². The highest BCUT2D eigenvalue weighted by Crippen LogP contribution is 2.24. The number of rotatable bonds is 8. The number of aromatic nitrogens is 4. The Balaban J connectivity index is 1.89. The lowest BCUT2D eigenvalue weighted by atomic mass is 10.1. The fraction of sp³-hybridized carbons (Fsp3) is 0.435. The zero-order valence-electron chi connectivity index (χ0n) is 19.8. The summed E-state index contributed by atoms with van der Waals surface area (Å²) in [5, 5.41) is 15.2. The lowest BCUT2D eigenvalue weighted by Crippen LogP contribution is -2.54. The van der Waals surface area contributed by atoms with Crippen LogP contribution in [0.5, 0.6) is 5.75 Å². The highest BCUT2D eigenvalue weighted by Gasteiger charge is 2.32. The lowest BCUT2D eigenvalue weighted by Gasteiger charge is -2.33. The number of furan rings is 1. The summed E-state index contributed by atoms with van der Waals surface area (Å²) in [6, 6.07) is 9.80. The maximum atomic E-state index is 13.5. The number of carbonyl (C=O) groups excluding carboxylic acids is 2. The highest BCUT2D eigenvalue weighted by atomic mass is 16.5. The number of aryl methyl sites for hydroxylation is 1. The normalized spacial score (nSPS) is 12.3. The van der Waals surface area contributed by atoms with Crippen molar-refractivity contribution >= 4 is 17.5 Å². The molecular weight excluding hydrogens is 424 g/mol. The van der Waals surface area contributed by atoms with Gasteiger partial charge in [0.05, 0.1) is 7.11 Å². The molecule has 2 aromatic heterocycles. The Kier molecular flexibility index (Phi) is 7.15. The number of tetrazole rings is 1. The Labute approximate surface area is 192 Å². The summed E-state index contributed by atoms with van der Waals surface area (Å²) in [6.07, 6.45) is 0.418. The van der Waals surface area contributed by atoms with Gasteiger partial charge in [0, 0.05) is 11.2 Å². The van der Waals surface area contributed by atoms with Crippen LogP contribution in [-0.2, 0) is 16.1 Å². The highest BCUT2D eigenvalue weighted by molar-refractivity contribution is 6.00. The topological polar surface area (TPSA) is 115 Å². The summed E-state index contributed by atoms with van der Waals surface area (Å²) in [4.78, 5) is 29.2. The standard InChI is InChI=1S/C23H30N6O4/c1-7-18(22(31)24-23(3,4)5)29(16-9-11-17(32-6)12-10-16)20(30)14-28-26-21(25-27-28)19-13-8-15(2)33-19/h8-13,18H,7,14H2,1-6H3,(H,24,31). The third-order valence-electron chi connectivity index (χ3n) is 4.81. The molecule has 0 saturated carbocycles. The maximum Gasteiger partial charge on any atom is 0.251 e. The van der Waals surface area contributed by atoms with Gasteiger partial charge in [-0.1, -0.05) is 6.92 Å². The first-order chi connectivity index (χ1) is 15.6. The van der Waals surface area contributed by atoms with Gasteiger partial charge in [0.1, 0.15) is 24.1 Å². The Morgan fingerprint density at radius 1 is 1.18 bits per heavy atom. The van der Waals surface area contributed by atoms with Crippen LogP contribution in [0.2, 0.25) is 0 Å². The molecule has 33 heavy (non-hydrogen) atoms. The van der Waals surface area contributed by atoms with Gasteiger partial charge < -0.3 is 14.5 Å². The Morgan fingerprint density at radius 3 is 2.42 bits per heavy atom. The molecule has 0 radical (unpaired) electrons. The second-order valence-corrected chi connectivity index (χ2v) is 8.68. The number of benzene rings is 1. The molecule has 0 spiro atoms. The predicted molar refractivity (Wildman–Crippen MR) is 123 cm³/mol. The first-order valence-corrected chi connectivity index (χ1v) is 10.7. The van der Waals surface area contributed by atoms with E-state index in [0.29, 0.717) is 23.6 Å². The lowest BCUT2D eigenvalue weighted by molar-refractivity contribution is -0.128. The van der Waals surface area contributed by atoms with Gasteiger partial charge in [-0.2, -0.15) is 4.80 Å². The first kappa shape index (κ1) is 24.0. The van der Waals surface area contributed by atoms with Crippen molar-refractivity contribution in [1.82, 2.24) is 25.5 Å². The minimum atomic E-state index is -0.721. The minimum absolute atomic E-state index is 0.196. The van der Waals surface area contributed by atoms with Gasteiger partial charge in [-0.05, 0) is 75.7 Å². The van der Waals surface area contributed by atoms with Crippen LogP contribution in [0.15, 0.2) is 40.8 Å². The number of amides is 2. The molecule has 0 aliphatic rings. The number of carbonyl (C=O) groups is 2. The summed E-state index contributed by atoms with van der Waals surface area (Å²) in [5.41, 5.74) is 0.126. The van der Waals surface area contributed by atoms with E-state index in [1.165, 1.54) is 9.70 Å². The van der Waals surface area contributed by atoms with E-state index in [2.05, 4.69) is 20.7 Å². The average molecular weight is 455 g/mol. The van der Waals surface area contributed by atoms with Crippen molar-refractivity contribution in [2.24, 2.45) is 0 Å². The zero-order chi connectivity index (χ0) is 24.2. The molecule has 1 atom stereocenters. The van der Waals surface area contributed by atoms with E-state index in [-0.39, 0.29) is 24.2 Å². The Morgan fingerprint density at radius 2 is 1.88 bits per heavy atom. The molecule has 3 aromatic rings. The summed E-state index contributed by atoms with van der Waals surface area (Å²) in [5.74, 6) is 1.52. The summed E-state index contributed by atoms with van der Waals surface area (Å²) >= 11 is 0. The van der Waals surface area contributed by atoms with Crippen molar-refractivity contribution in [2.45, 2.75) is 59.2 Å². The third-order valence-corrected chi connectivity index (χ3v) is 4.81. The molecule has 0 aliphatic carbocycles. The van der Waals surface area contributed by atoms with Gasteiger partial charge in [-0.25, -0.2) is 0 Å². The van der Waals surface area contributed by atoms with E-state index >= 15 is 0 Å². The molecule has 176 valence electrons. The van der Waals surface area contributed by atoms with Gasteiger partial charge >= 0.3 is 0 Å². The number of ether oxygens (including phenoxy) is 1. The summed E-state index contributed by atoms with van der Waals surface area (Å²) in [7, 11) is 1.57. The van der Waals surface area contributed by atoms with E-state index in [1.54, 1.807) is 43.5 Å². The molecule has 0 aliphatic heterocycles. The van der Waals surface area contributed by atoms with Crippen molar-refractivity contribution in [3.05, 3.63) is 42.2 Å². The second-order valence-electron chi connectivity index (χ2n) is 8.68. The third kappa shape index (κ3) is 5.97. The number of anilines is 1. The van der Waals surface area contributed by atoms with Gasteiger partial charge in [-0.15, -0.1) is 10.2 Å². The van der Waals surface area contributed by atoms with Crippen LogP contribution in [0.1, 0.15) is 39.9 Å². The van der Waals surface area contributed by atoms with Crippen molar-refractivity contribution in [3.8, 4) is 17.3 Å². The van der Waals surface area contributed by atoms with Gasteiger partial charge in [-0.3, -0.25) is 14.5 Å². The molecule has 0 bridgehead atoms. The van der Waals surface area contributed by atoms with E-state index in [9.17, 15) is 9.59 Å². The van der Waals surface area contributed by atoms with Crippen LogP contribution in [-0.4, -0.2) is 50.7 Å². The summed E-state index contributed by atoms with van der Waals surface area (Å²) < 4.78 is 10.7. The average Bonchev–Trinajstić information content (AvgIpc) is 3.39. The van der Waals surface area contributed by atoms with Crippen LogP contribution < -0.4 is 15.0 Å². The van der Waals surface area contributed by atoms with Crippen LogP contribution >= 0.6 is 0 Å². The molecule has 2 amide bonds. The van der Waals surface area contributed by atoms with Gasteiger partial charge in [0.2, 0.25) is 11.7 Å². The fourth-order valence-corrected chi connectivity index (χ4v) is 3.34. The number of nitrogens with one attached hydrogen (secondary N) is 1. The smallest absolute Gasteiger partial charge is 0.251 e. The van der Waals surface area contributed by atoms with Crippen LogP contribution in [0.25, 0.3) is 11.6 Å². The Hall–Kier alpha value is -3.69. The molecule has 0 saturated heterocycles.